The molecule has 0 saturated heterocycles. The second kappa shape index (κ2) is 9.37. The summed E-state index contributed by atoms with van der Waals surface area (Å²) in [7, 11) is -2.27. The van der Waals surface area contributed by atoms with E-state index in [0.717, 1.165) is 9.54 Å². The van der Waals surface area contributed by atoms with E-state index in [1.807, 2.05) is 13.0 Å². The minimum Gasteiger partial charge on any atom is -0.341 e. The third kappa shape index (κ3) is 4.44. The molecular weight excluding hydrogens is 518 g/mol. The highest BCUT2D eigenvalue weighted by Crippen LogP contribution is 2.32. The highest BCUT2D eigenvalue weighted by molar-refractivity contribution is 9.10. The molecule has 0 bridgehead atoms. The average molecular weight is 538 g/mol. The smallest absolute Gasteiger partial charge is 0.269 e. The van der Waals surface area contributed by atoms with Crippen LogP contribution in [-0.4, -0.2) is 46.8 Å². The Bertz CT molecular complexity index is 1520. The van der Waals surface area contributed by atoms with Crippen molar-refractivity contribution in [2.75, 3.05) is 13.6 Å². The molecule has 0 aliphatic heterocycles. The van der Waals surface area contributed by atoms with Gasteiger partial charge in [-0.3, -0.25) is 4.79 Å². The maximum atomic E-state index is 13.4. The molecule has 4 aromatic rings. The molecule has 0 radical (unpaired) electrons. The van der Waals surface area contributed by atoms with Crippen LogP contribution in [0, 0.1) is 18.3 Å². The molecule has 1 amide bonds. The number of carbonyl (C=O) groups excluding carboxylic acids is 1. The molecule has 2 aromatic heterocycles. The second-order valence-corrected chi connectivity index (χ2v) is 10.4. The summed E-state index contributed by atoms with van der Waals surface area (Å²) in [6.45, 7) is 2.23. The molecule has 0 saturated carbocycles. The fourth-order valence-electron chi connectivity index (χ4n) is 3.49. The highest BCUT2D eigenvalue weighted by Gasteiger charge is 2.24. The normalized spacial score (nSPS) is 11.4. The van der Waals surface area contributed by atoms with Gasteiger partial charge in [0.1, 0.15) is 10.1 Å². The molecule has 172 valence electrons. The van der Waals surface area contributed by atoms with Crippen LogP contribution in [0.2, 0.25) is 0 Å². The van der Waals surface area contributed by atoms with Crippen LogP contribution in [0.25, 0.3) is 22.3 Å². The Morgan fingerprint density at radius 3 is 2.47 bits per heavy atom. The van der Waals surface area contributed by atoms with Crippen molar-refractivity contribution in [2.24, 2.45) is 0 Å². The lowest BCUT2D eigenvalue weighted by Gasteiger charge is -2.15. The molecule has 8 nitrogen and oxygen atoms in total. The zero-order valence-electron chi connectivity index (χ0n) is 18.4. The van der Waals surface area contributed by atoms with Crippen molar-refractivity contribution in [1.82, 2.24) is 18.8 Å². The largest absolute Gasteiger partial charge is 0.341 e. The zero-order chi connectivity index (χ0) is 24.5. The fraction of sp³-hybridized carbons (Fsp3) is 0.167. The molecule has 0 atom stereocenters. The maximum absolute atomic E-state index is 13.4. The number of amides is 1. The zero-order valence-corrected chi connectivity index (χ0v) is 20.8. The van der Waals surface area contributed by atoms with E-state index >= 15 is 0 Å². The highest BCUT2D eigenvalue weighted by atomic mass is 79.9. The topological polar surface area (TPSA) is 109 Å². The Labute approximate surface area is 205 Å². The van der Waals surface area contributed by atoms with Gasteiger partial charge in [0.05, 0.1) is 23.6 Å². The van der Waals surface area contributed by atoms with Crippen molar-refractivity contribution in [3.8, 4) is 17.2 Å². The summed E-state index contributed by atoms with van der Waals surface area (Å²) in [6.07, 6.45) is 3.21. The van der Waals surface area contributed by atoms with Crippen molar-refractivity contribution in [3.63, 3.8) is 0 Å². The summed E-state index contributed by atoms with van der Waals surface area (Å²) < 4.78 is 28.4. The number of carbonyl (C=O) groups is 1. The van der Waals surface area contributed by atoms with Crippen molar-refractivity contribution in [2.45, 2.75) is 18.2 Å². The van der Waals surface area contributed by atoms with Crippen LogP contribution in [0.1, 0.15) is 22.3 Å². The Kier molecular flexibility index (Phi) is 6.50. The van der Waals surface area contributed by atoms with Crippen molar-refractivity contribution in [3.05, 3.63) is 76.7 Å². The number of benzene rings is 2. The van der Waals surface area contributed by atoms with E-state index in [1.54, 1.807) is 55.6 Å². The van der Waals surface area contributed by atoms with Gasteiger partial charge in [-0.15, -0.1) is 0 Å². The molecule has 2 heterocycles. The summed E-state index contributed by atoms with van der Waals surface area (Å²) in [5, 5.41) is 8.73. The molecule has 0 spiro atoms. The van der Waals surface area contributed by atoms with Gasteiger partial charge in [0, 0.05) is 30.9 Å². The molecule has 10 heteroatoms. The third-order valence-electron chi connectivity index (χ3n) is 5.36. The lowest BCUT2D eigenvalue weighted by atomic mass is 10.1. The first-order chi connectivity index (χ1) is 16.2. The number of aromatic nitrogens is 3. The first-order valence-electron chi connectivity index (χ1n) is 10.3. The van der Waals surface area contributed by atoms with E-state index in [4.69, 9.17) is 5.26 Å². The Morgan fingerprint density at radius 2 is 1.82 bits per heavy atom. The number of hydrogen-bond acceptors (Lipinski definition) is 6. The van der Waals surface area contributed by atoms with E-state index < -0.39 is 10.0 Å². The van der Waals surface area contributed by atoms with E-state index in [0.29, 0.717) is 33.4 Å². The van der Waals surface area contributed by atoms with Gasteiger partial charge in [0.15, 0.2) is 5.65 Å². The molecule has 4 rings (SSSR count). The summed E-state index contributed by atoms with van der Waals surface area (Å²) in [6, 6.07) is 15.5. The lowest BCUT2D eigenvalue weighted by Crippen LogP contribution is -2.27. The summed E-state index contributed by atoms with van der Waals surface area (Å²) in [5.74, 6) is -0.200. The van der Waals surface area contributed by atoms with Crippen molar-refractivity contribution in [1.29, 1.82) is 5.26 Å². The molecule has 0 aliphatic rings. The number of rotatable bonds is 6. The average Bonchev–Trinajstić information content (AvgIpc) is 3.22. The van der Waals surface area contributed by atoms with Crippen LogP contribution < -0.4 is 0 Å². The van der Waals surface area contributed by atoms with E-state index in [2.05, 4.69) is 25.9 Å². The number of halogens is 1. The standard InChI is InChI=1S/C24H20BrN5O3S/c1-16-4-10-19(11-5-16)34(32,33)30-15-20(22-23(30)27-14-21(25)28-22)17-6-8-18(9-7-17)24(31)29(2)13-3-12-26/h4-11,14-15H,3,13H2,1-2H3. The van der Waals surface area contributed by atoms with Crippen LogP contribution in [-0.2, 0) is 10.0 Å². The first-order valence-corrected chi connectivity index (χ1v) is 12.5. The minimum atomic E-state index is -3.91. The molecule has 0 unspecified atom stereocenters. The Hall–Kier alpha value is -3.55. The first kappa shape index (κ1) is 23.6. The van der Waals surface area contributed by atoms with Crippen molar-refractivity contribution >= 4 is 43.0 Å². The van der Waals surface area contributed by atoms with Crippen molar-refractivity contribution < 1.29 is 13.2 Å². The van der Waals surface area contributed by atoms with Gasteiger partial charge in [-0.25, -0.2) is 22.4 Å². The SMILES string of the molecule is Cc1ccc(S(=O)(=O)n2cc(-c3ccc(C(=O)N(C)CCC#N)cc3)c3nc(Br)cnc32)cc1. The maximum Gasteiger partial charge on any atom is 0.269 e. The number of hydrogen-bond donors (Lipinski definition) is 0. The minimum absolute atomic E-state index is 0.146. The van der Waals surface area contributed by atoms with E-state index in [1.165, 1.54) is 17.3 Å². The Morgan fingerprint density at radius 1 is 1.15 bits per heavy atom. The molecular formula is C24H20BrN5O3S. The molecule has 2 aromatic carbocycles. The number of nitrogens with zero attached hydrogens (tertiary/aromatic N) is 5. The van der Waals surface area contributed by atoms with Gasteiger partial charge in [0.2, 0.25) is 0 Å². The number of aryl methyl sites for hydroxylation is 1. The number of nitriles is 1. The Balaban J connectivity index is 1.78. The molecule has 0 fully saturated rings. The van der Waals surface area contributed by atoms with Crippen LogP contribution in [0.5, 0.6) is 0 Å². The summed E-state index contributed by atoms with van der Waals surface area (Å²) in [5.41, 5.74) is 3.29. The van der Waals surface area contributed by atoms with Crippen LogP contribution in [0.4, 0.5) is 0 Å². The number of fused-ring (bicyclic) bond motifs is 1. The summed E-state index contributed by atoms with van der Waals surface area (Å²) in [4.78, 5) is 23.0. The van der Waals surface area contributed by atoms with Gasteiger partial charge in [-0.1, -0.05) is 29.8 Å². The molecule has 34 heavy (non-hydrogen) atoms. The van der Waals surface area contributed by atoms with Gasteiger partial charge >= 0.3 is 0 Å². The predicted molar refractivity (Wildman–Crippen MR) is 132 cm³/mol. The quantitative estimate of drug-likeness (QED) is 0.360. The van der Waals surface area contributed by atoms with Crippen LogP contribution in [0.15, 0.2) is 70.4 Å². The van der Waals surface area contributed by atoms with Gasteiger partial charge in [0.25, 0.3) is 15.9 Å². The van der Waals surface area contributed by atoms with E-state index in [-0.39, 0.29) is 22.9 Å². The third-order valence-corrected chi connectivity index (χ3v) is 7.41. The van der Waals surface area contributed by atoms with Gasteiger partial charge in [-0.2, -0.15) is 5.26 Å². The van der Waals surface area contributed by atoms with Gasteiger partial charge in [-0.05, 0) is 52.7 Å². The molecule has 0 aliphatic carbocycles. The lowest BCUT2D eigenvalue weighted by molar-refractivity contribution is 0.0798. The van der Waals surface area contributed by atoms with Crippen LogP contribution in [0.3, 0.4) is 0 Å². The molecule has 0 N–H and O–H groups in total. The van der Waals surface area contributed by atoms with E-state index in [9.17, 15) is 13.2 Å². The monoisotopic (exact) mass is 537 g/mol. The predicted octanol–water partition coefficient (Wildman–Crippen LogP) is 4.39. The summed E-state index contributed by atoms with van der Waals surface area (Å²) >= 11 is 3.31. The van der Waals surface area contributed by atoms with Crippen LogP contribution >= 0.6 is 15.9 Å². The second-order valence-electron chi connectivity index (χ2n) is 7.73. The fourth-order valence-corrected chi connectivity index (χ4v) is 5.09. The van der Waals surface area contributed by atoms with Gasteiger partial charge < -0.3 is 4.90 Å².